The third-order valence-electron chi connectivity index (χ3n) is 3.19. The van der Waals surface area contributed by atoms with Crippen molar-refractivity contribution in [3.63, 3.8) is 0 Å². The summed E-state index contributed by atoms with van der Waals surface area (Å²) in [6.07, 6.45) is 3.46. The first-order chi connectivity index (χ1) is 8.42. The molecule has 1 aliphatic rings. The molecule has 1 atom stereocenters. The van der Waals surface area contributed by atoms with E-state index in [2.05, 4.69) is 41.0 Å². The predicted octanol–water partition coefficient (Wildman–Crippen LogP) is 3.16. The SMILES string of the molecule is c1ccc(Cc2nc(C3CCCN3)cs2)cc1. The number of nitrogens with one attached hydrogen (secondary N) is 1. The number of rotatable bonds is 3. The van der Waals surface area contributed by atoms with Gasteiger partial charge in [-0.05, 0) is 24.9 Å². The summed E-state index contributed by atoms with van der Waals surface area (Å²) in [6, 6.07) is 11.0. The van der Waals surface area contributed by atoms with Crippen LogP contribution in [-0.2, 0) is 6.42 Å². The molecule has 0 radical (unpaired) electrons. The Morgan fingerprint density at radius 2 is 2.18 bits per heavy atom. The topological polar surface area (TPSA) is 24.9 Å². The smallest absolute Gasteiger partial charge is 0.0972 e. The molecular formula is C14H16N2S. The Labute approximate surface area is 106 Å². The molecule has 3 heteroatoms. The quantitative estimate of drug-likeness (QED) is 0.897. The van der Waals surface area contributed by atoms with E-state index in [1.54, 1.807) is 11.3 Å². The van der Waals surface area contributed by atoms with Gasteiger partial charge in [0.05, 0.1) is 16.7 Å². The molecule has 0 amide bonds. The van der Waals surface area contributed by atoms with Crippen molar-refractivity contribution < 1.29 is 0 Å². The molecule has 1 aromatic carbocycles. The van der Waals surface area contributed by atoms with E-state index in [9.17, 15) is 0 Å². The summed E-state index contributed by atoms with van der Waals surface area (Å²) < 4.78 is 0. The summed E-state index contributed by atoms with van der Waals surface area (Å²) >= 11 is 1.78. The van der Waals surface area contributed by atoms with Gasteiger partial charge in [0, 0.05) is 11.8 Å². The molecular weight excluding hydrogens is 228 g/mol. The van der Waals surface area contributed by atoms with Gasteiger partial charge in [0.2, 0.25) is 0 Å². The van der Waals surface area contributed by atoms with Gasteiger partial charge in [-0.2, -0.15) is 0 Å². The molecule has 1 saturated heterocycles. The number of hydrogen-bond acceptors (Lipinski definition) is 3. The summed E-state index contributed by atoms with van der Waals surface area (Å²) in [7, 11) is 0. The van der Waals surface area contributed by atoms with Crippen LogP contribution in [0.5, 0.6) is 0 Å². The molecule has 1 aliphatic heterocycles. The maximum absolute atomic E-state index is 4.74. The molecule has 1 N–H and O–H groups in total. The van der Waals surface area contributed by atoms with Crippen LogP contribution in [0.15, 0.2) is 35.7 Å². The molecule has 0 spiro atoms. The standard InChI is InChI=1S/C14H16N2S/c1-2-5-11(6-3-1)9-14-16-13(10-17-14)12-7-4-8-15-12/h1-3,5-6,10,12,15H,4,7-9H2. The summed E-state index contributed by atoms with van der Waals surface area (Å²) in [5, 5.41) is 6.93. The Morgan fingerprint density at radius 1 is 1.29 bits per heavy atom. The van der Waals surface area contributed by atoms with Crippen LogP contribution in [-0.4, -0.2) is 11.5 Å². The Kier molecular flexibility index (Phi) is 3.20. The highest BCUT2D eigenvalue weighted by atomic mass is 32.1. The zero-order valence-electron chi connectivity index (χ0n) is 9.73. The molecule has 17 heavy (non-hydrogen) atoms. The molecule has 2 aromatic rings. The van der Waals surface area contributed by atoms with Crippen LogP contribution in [0.3, 0.4) is 0 Å². The van der Waals surface area contributed by atoms with Crippen molar-refractivity contribution in [2.75, 3.05) is 6.54 Å². The molecule has 1 aromatic heterocycles. The third-order valence-corrected chi connectivity index (χ3v) is 4.05. The Morgan fingerprint density at radius 3 is 2.94 bits per heavy atom. The highest BCUT2D eigenvalue weighted by Gasteiger charge is 2.18. The Bertz CT molecular complexity index is 472. The van der Waals surface area contributed by atoms with Crippen molar-refractivity contribution in [1.29, 1.82) is 0 Å². The lowest BCUT2D eigenvalue weighted by Crippen LogP contribution is -2.13. The summed E-state index contributed by atoms with van der Waals surface area (Å²) in [5.41, 5.74) is 2.58. The van der Waals surface area contributed by atoms with Gasteiger partial charge in [-0.3, -0.25) is 0 Å². The second kappa shape index (κ2) is 4.98. The lowest BCUT2D eigenvalue weighted by molar-refractivity contribution is 0.630. The molecule has 2 nitrogen and oxygen atoms in total. The molecule has 0 aliphatic carbocycles. The van der Waals surface area contributed by atoms with Crippen LogP contribution in [0.1, 0.15) is 35.1 Å². The van der Waals surface area contributed by atoms with E-state index in [1.165, 1.54) is 29.1 Å². The largest absolute Gasteiger partial charge is 0.309 e. The summed E-state index contributed by atoms with van der Waals surface area (Å²) in [5.74, 6) is 0. The van der Waals surface area contributed by atoms with Crippen LogP contribution in [0.2, 0.25) is 0 Å². The number of nitrogens with zero attached hydrogens (tertiary/aromatic N) is 1. The van der Waals surface area contributed by atoms with E-state index >= 15 is 0 Å². The van der Waals surface area contributed by atoms with Crippen LogP contribution in [0.4, 0.5) is 0 Å². The molecule has 0 saturated carbocycles. The molecule has 3 rings (SSSR count). The van der Waals surface area contributed by atoms with E-state index in [0.29, 0.717) is 6.04 Å². The number of thiazole rings is 1. The second-order valence-corrected chi connectivity index (χ2v) is 5.42. The fourth-order valence-corrected chi connectivity index (χ4v) is 3.16. The normalized spacial score (nSPS) is 19.6. The maximum atomic E-state index is 4.74. The van der Waals surface area contributed by atoms with Crippen molar-refractivity contribution in [1.82, 2.24) is 10.3 Å². The van der Waals surface area contributed by atoms with E-state index in [4.69, 9.17) is 4.98 Å². The Balaban J connectivity index is 1.72. The maximum Gasteiger partial charge on any atom is 0.0972 e. The van der Waals surface area contributed by atoms with Gasteiger partial charge in [0.1, 0.15) is 0 Å². The first kappa shape index (κ1) is 10.9. The molecule has 1 unspecified atom stereocenters. The van der Waals surface area contributed by atoms with Crippen molar-refractivity contribution in [3.05, 3.63) is 52.0 Å². The lowest BCUT2D eigenvalue weighted by atomic mass is 10.1. The van der Waals surface area contributed by atoms with Gasteiger partial charge in [-0.15, -0.1) is 11.3 Å². The lowest BCUT2D eigenvalue weighted by Gasteiger charge is -2.05. The van der Waals surface area contributed by atoms with Gasteiger partial charge in [-0.1, -0.05) is 30.3 Å². The fourth-order valence-electron chi connectivity index (χ4n) is 2.27. The molecule has 2 heterocycles. The van der Waals surface area contributed by atoms with Crippen molar-refractivity contribution >= 4 is 11.3 Å². The van der Waals surface area contributed by atoms with E-state index < -0.39 is 0 Å². The monoisotopic (exact) mass is 244 g/mol. The second-order valence-electron chi connectivity index (χ2n) is 4.48. The van der Waals surface area contributed by atoms with Gasteiger partial charge >= 0.3 is 0 Å². The van der Waals surface area contributed by atoms with Crippen molar-refractivity contribution in [3.8, 4) is 0 Å². The van der Waals surface area contributed by atoms with Gasteiger partial charge < -0.3 is 5.32 Å². The zero-order valence-corrected chi connectivity index (χ0v) is 10.5. The van der Waals surface area contributed by atoms with Crippen molar-refractivity contribution in [2.24, 2.45) is 0 Å². The number of benzene rings is 1. The molecule has 1 fully saturated rings. The fraction of sp³-hybridized carbons (Fsp3) is 0.357. The average molecular weight is 244 g/mol. The van der Waals surface area contributed by atoms with Crippen LogP contribution in [0.25, 0.3) is 0 Å². The number of hydrogen-bond donors (Lipinski definition) is 1. The molecule has 88 valence electrons. The van der Waals surface area contributed by atoms with Crippen LogP contribution in [0, 0.1) is 0 Å². The van der Waals surface area contributed by atoms with E-state index in [-0.39, 0.29) is 0 Å². The summed E-state index contributed by atoms with van der Waals surface area (Å²) in [4.78, 5) is 4.74. The van der Waals surface area contributed by atoms with Gasteiger partial charge in [0.25, 0.3) is 0 Å². The van der Waals surface area contributed by atoms with Crippen LogP contribution >= 0.6 is 11.3 Å². The summed E-state index contributed by atoms with van der Waals surface area (Å²) in [6.45, 7) is 1.14. The zero-order chi connectivity index (χ0) is 11.5. The highest BCUT2D eigenvalue weighted by molar-refractivity contribution is 7.09. The van der Waals surface area contributed by atoms with E-state index in [0.717, 1.165) is 13.0 Å². The van der Waals surface area contributed by atoms with Gasteiger partial charge in [0.15, 0.2) is 0 Å². The average Bonchev–Trinajstić information content (AvgIpc) is 3.00. The minimum absolute atomic E-state index is 0.496. The predicted molar refractivity (Wildman–Crippen MR) is 71.3 cm³/mol. The third kappa shape index (κ3) is 2.56. The minimum atomic E-state index is 0.496. The van der Waals surface area contributed by atoms with Gasteiger partial charge in [-0.25, -0.2) is 4.98 Å². The first-order valence-electron chi connectivity index (χ1n) is 6.13. The highest BCUT2D eigenvalue weighted by Crippen LogP contribution is 2.25. The van der Waals surface area contributed by atoms with E-state index in [1.807, 2.05) is 0 Å². The van der Waals surface area contributed by atoms with Crippen molar-refractivity contribution in [2.45, 2.75) is 25.3 Å². The Hall–Kier alpha value is -1.19. The number of aromatic nitrogens is 1. The first-order valence-corrected chi connectivity index (χ1v) is 7.01. The van der Waals surface area contributed by atoms with Crippen LogP contribution < -0.4 is 5.32 Å². The minimum Gasteiger partial charge on any atom is -0.309 e. The molecule has 0 bridgehead atoms.